The minimum absolute atomic E-state index is 0.207. The van der Waals surface area contributed by atoms with E-state index in [2.05, 4.69) is 16.9 Å². The summed E-state index contributed by atoms with van der Waals surface area (Å²) < 4.78 is 0. The average molecular weight is 290 g/mol. The van der Waals surface area contributed by atoms with Crippen LogP contribution in [-0.4, -0.2) is 42.2 Å². The summed E-state index contributed by atoms with van der Waals surface area (Å²) in [6.07, 6.45) is 7.14. The molecule has 0 saturated heterocycles. The first kappa shape index (κ1) is 18.1. The van der Waals surface area contributed by atoms with E-state index in [1.165, 1.54) is 18.6 Å². The number of nitrogens with one attached hydrogen (secondary N) is 2. The summed E-state index contributed by atoms with van der Waals surface area (Å²) in [5.74, 6) is -0.0421. The molecule has 0 aromatic rings. The van der Waals surface area contributed by atoms with E-state index in [1.807, 2.05) is 11.8 Å². The van der Waals surface area contributed by atoms with Crippen LogP contribution in [-0.2, 0) is 4.79 Å². The highest BCUT2D eigenvalue weighted by Crippen LogP contribution is 2.03. The van der Waals surface area contributed by atoms with E-state index in [0.717, 1.165) is 12.8 Å². The predicted octanol–water partition coefficient (Wildman–Crippen LogP) is 2.32. The van der Waals surface area contributed by atoms with Crippen LogP contribution in [0.1, 0.15) is 39.0 Å². The summed E-state index contributed by atoms with van der Waals surface area (Å²) in [5, 5.41) is 14.1. The zero-order valence-electron chi connectivity index (χ0n) is 11.9. The number of thioether (sulfide) groups is 1. The molecule has 1 atom stereocenters. The van der Waals surface area contributed by atoms with Gasteiger partial charge in [0.15, 0.2) is 0 Å². The second kappa shape index (κ2) is 12.1. The first-order valence-electron chi connectivity index (χ1n) is 6.81. The summed E-state index contributed by atoms with van der Waals surface area (Å²) in [6.45, 7) is 2.71. The van der Waals surface area contributed by atoms with Gasteiger partial charge in [-0.3, -0.25) is 4.79 Å². The number of amides is 2. The van der Waals surface area contributed by atoms with Gasteiger partial charge >= 0.3 is 12.0 Å². The molecule has 0 heterocycles. The number of aliphatic carboxylic acids is 1. The Morgan fingerprint density at radius 1 is 1.11 bits per heavy atom. The SMILES string of the molecule is CSCCCCCCNC(=O)NCCC(C)C(=O)O. The fourth-order valence-electron chi connectivity index (χ4n) is 1.52. The summed E-state index contributed by atoms with van der Waals surface area (Å²) in [4.78, 5) is 21.9. The molecule has 0 aromatic heterocycles. The highest BCUT2D eigenvalue weighted by molar-refractivity contribution is 7.98. The molecular formula is C13H26N2O3S. The molecule has 0 fully saturated rings. The fourth-order valence-corrected chi connectivity index (χ4v) is 2.01. The van der Waals surface area contributed by atoms with Gasteiger partial charge in [-0.1, -0.05) is 19.8 Å². The molecule has 0 aliphatic carbocycles. The Morgan fingerprint density at radius 3 is 2.37 bits per heavy atom. The maximum atomic E-state index is 11.4. The van der Waals surface area contributed by atoms with Gasteiger partial charge in [-0.25, -0.2) is 4.79 Å². The van der Waals surface area contributed by atoms with E-state index < -0.39 is 11.9 Å². The number of carbonyl (C=O) groups is 2. The number of hydrogen-bond acceptors (Lipinski definition) is 3. The van der Waals surface area contributed by atoms with Crippen molar-refractivity contribution in [2.24, 2.45) is 5.92 Å². The van der Waals surface area contributed by atoms with Gasteiger partial charge in [0.25, 0.3) is 0 Å². The third-order valence-corrected chi connectivity index (χ3v) is 3.54. The van der Waals surface area contributed by atoms with Crippen molar-refractivity contribution in [3.05, 3.63) is 0 Å². The first-order valence-corrected chi connectivity index (χ1v) is 8.20. The second-order valence-electron chi connectivity index (χ2n) is 4.62. The van der Waals surface area contributed by atoms with Crippen molar-refractivity contribution in [3.63, 3.8) is 0 Å². The molecule has 5 nitrogen and oxygen atoms in total. The van der Waals surface area contributed by atoms with Gasteiger partial charge in [-0.2, -0.15) is 11.8 Å². The largest absolute Gasteiger partial charge is 0.481 e. The summed E-state index contributed by atoms with van der Waals surface area (Å²) in [5.41, 5.74) is 0. The number of carboxylic acids is 1. The van der Waals surface area contributed by atoms with Crippen molar-refractivity contribution < 1.29 is 14.7 Å². The van der Waals surface area contributed by atoms with Crippen molar-refractivity contribution in [1.29, 1.82) is 0 Å². The van der Waals surface area contributed by atoms with Gasteiger partial charge in [0.2, 0.25) is 0 Å². The lowest BCUT2D eigenvalue weighted by Gasteiger charge is -2.09. The predicted molar refractivity (Wildman–Crippen MR) is 79.7 cm³/mol. The van der Waals surface area contributed by atoms with Crippen LogP contribution < -0.4 is 10.6 Å². The molecule has 19 heavy (non-hydrogen) atoms. The highest BCUT2D eigenvalue weighted by atomic mass is 32.2. The first-order chi connectivity index (χ1) is 9.07. The van der Waals surface area contributed by atoms with E-state index in [-0.39, 0.29) is 6.03 Å². The molecule has 1 unspecified atom stereocenters. The molecule has 0 aliphatic rings. The van der Waals surface area contributed by atoms with Crippen LogP contribution in [0.15, 0.2) is 0 Å². The lowest BCUT2D eigenvalue weighted by Crippen LogP contribution is -2.37. The Labute approximate surface area is 119 Å². The van der Waals surface area contributed by atoms with Gasteiger partial charge in [-0.15, -0.1) is 0 Å². The van der Waals surface area contributed by atoms with Crippen LogP contribution >= 0.6 is 11.8 Å². The summed E-state index contributed by atoms with van der Waals surface area (Å²) in [7, 11) is 0. The van der Waals surface area contributed by atoms with Crippen LogP contribution in [0.5, 0.6) is 0 Å². The molecule has 0 aromatic carbocycles. The van der Waals surface area contributed by atoms with Crippen molar-refractivity contribution in [2.75, 3.05) is 25.1 Å². The van der Waals surface area contributed by atoms with Crippen molar-refractivity contribution >= 4 is 23.8 Å². The summed E-state index contributed by atoms with van der Waals surface area (Å²) in [6, 6.07) is -0.207. The Kier molecular flexibility index (Phi) is 11.6. The maximum absolute atomic E-state index is 11.4. The highest BCUT2D eigenvalue weighted by Gasteiger charge is 2.10. The number of urea groups is 1. The number of carbonyl (C=O) groups excluding carboxylic acids is 1. The molecule has 0 radical (unpaired) electrons. The van der Waals surface area contributed by atoms with E-state index in [1.54, 1.807) is 6.92 Å². The van der Waals surface area contributed by atoms with Gasteiger partial charge in [0.05, 0.1) is 5.92 Å². The molecule has 0 aliphatic heterocycles. The molecule has 2 amide bonds. The van der Waals surface area contributed by atoms with Gasteiger partial charge < -0.3 is 15.7 Å². The second-order valence-corrected chi connectivity index (χ2v) is 5.60. The van der Waals surface area contributed by atoms with Crippen LogP contribution in [0.2, 0.25) is 0 Å². The van der Waals surface area contributed by atoms with Crippen LogP contribution in [0.4, 0.5) is 4.79 Å². The van der Waals surface area contributed by atoms with Crippen LogP contribution in [0.3, 0.4) is 0 Å². The lowest BCUT2D eigenvalue weighted by molar-refractivity contribution is -0.141. The monoisotopic (exact) mass is 290 g/mol. The molecule has 0 bridgehead atoms. The molecule has 3 N–H and O–H groups in total. The van der Waals surface area contributed by atoms with Gasteiger partial charge in [0, 0.05) is 13.1 Å². The zero-order chi connectivity index (χ0) is 14.5. The molecule has 0 saturated carbocycles. The number of carboxylic acid groups (broad SMARTS) is 1. The molecule has 112 valence electrons. The minimum atomic E-state index is -0.826. The van der Waals surface area contributed by atoms with Crippen LogP contribution in [0, 0.1) is 5.92 Å². The Morgan fingerprint density at radius 2 is 1.74 bits per heavy atom. The average Bonchev–Trinajstić information content (AvgIpc) is 2.37. The molecule has 0 spiro atoms. The summed E-state index contributed by atoms with van der Waals surface area (Å²) >= 11 is 1.86. The quantitative estimate of drug-likeness (QED) is 0.510. The van der Waals surface area contributed by atoms with Gasteiger partial charge in [-0.05, 0) is 31.3 Å². The normalized spacial score (nSPS) is 11.9. The van der Waals surface area contributed by atoms with Crippen molar-refractivity contribution in [3.8, 4) is 0 Å². The third kappa shape index (κ3) is 11.9. The Hall–Kier alpha value is -0.910. The topological polar surface area (TPSA) is 78.4 Å². The van der Waals surface area contributed by atoms with Gasteiger partial charge in [0.1, 0.15) is 0 Å². The zero-order valence-corrected chi connectivity index (χ0v) is 12.7. The maximum Gasteiger partial charge on any atom is 0.314 e. The van der Waals surface area contributed by atoms with E-state index in [0.29, 0.717) is 19.5 Å². The van der Waals surface area contributed by atoms with E-state index in [9.17, 15) is 9.59 Å². The third-order valence-electron chi connectivity index (χ3n) is 2.85. The number of rotatable bonds is 11. The van der Waals surface area contributed by atoms with Crippen molar-refractivity contribution in [2.45, 2.75) is 39.0 Å². The smallest absolute Gasteiger partial charge is 0.314 e. The molecule has 0 rings (SSSR count). The lowest BCUT2D eigenvalue weighted by atomic mass is 10.1. The molecule has 6 heteroatoms. The Bertz CT molecular complexity index is 262. The minimum Gasteiger partial charge on any atom is -0.481 e. The fraction of sp³-hybridized carbons (Fsp3) is 0.846. The van der Waals surface area contributed by atoms with E-state index >= 15 is 0 Å². The Balaban J connectivity index is 3.33. The standard InChI is InChI=1S/C13H26N2O3S/c1-11(12(16)17)7-9-15-13(18)14-8-5-3-4-6-10-19-2/h11H,3-10H2,1-2H3,(H,16,17)(H2,14,15,18). The number of unbranched alkanes of at least 4 members (excludes halogenated alkanes) is 3. The molecular weight excluding hydrogens is 264 g/mol. The number of hydrogen-bond donors (Lipinski definition) is 3. The van der Waals surface area contributed by atoms with Crippen molar-refractivity contribution in [1.82, 2.24) is 10.6 Å². The van der Waals surface area contributed by atoms with Crippen LogP contribution in [0.25, 0.3) is 0 Å². The van der Waals surface area contributed by atoms with E-state index in [4.69, 9.17) is 5.11 Å².